The Balaban J connectivity index is 2.25. The predicted molar refractivity (Wildman–Crippen MR) is 81.4 cm³/mol. The lowest BCUT2D eigenvalue weighted by molar-refractivity contribution is 0.0828. The van der Waals surface area contributed by atoms with Crippen LogP contribution in [-0.2, 0) is 10.2 Å². The highest BCUT2D eigenvalue weighted by Gasteiger charge is 2.25. The van der Waals surface area contributed by atoms with Crippen molar-refractivity contribution in [1.29, 1.82) is 0 Å². The molecule has 1 saturated heterocycles. The molecule has 7 nitrogen and oxygen atoms in total. The lowest BCUT2D eigenvalue weighted by Crippen LogP contribution is -2.48. The zero-order chi connectivity index (χ0) is 15.5. The summed E-state index contributed by atoms with van der Waals surface area (Å²) in [5.74, 6) is -0.242. The van der Waals surface area contributed by atoms with Crippen molar-refractivity contribution in [2.45, 2.75) is 0 Å². The largest absolute Gasteiger partial charge is 0.345 e. The average Bonchev–Trinajstić information content (AvgIpc) is 2.47. The summed E-state index contributed by atoms with van der Waals surface area (Å²) < 4.78 is 28.6. The van der Waals surface area contributed by atoms with Crippen LogP contribution in [0.15, 0.2) is 24.3 Å². The van der Waals surface area contributed by atoms with Gasteiger partial charge in [0.15, 0.2) is 0 Å². The molecule has 8 heteroatoms. The van der Waals surface area contributed by atoms with E-state index < -0.39 is 10.2 Å². The Hall–Kier alpha value is -1.64. The maximum Gasteiger partial charge on any atom is 0.301 e. The summed E-state index contributed by atoms with van der Waals surface area (Å²) in [5.41, 5.74) is 0.635. The van der Waals surface area contributed by atoms with E-state index in [4.69, 9.17) is 0 Å². The van der Waals surface area contributed by atoms with Gasteiger partial charge in [0.25, 0.3) is 5.91 Å². The Bertz CT molecular complexity index is 610. The van der Waals surface area contributed by atoms with Crippen molar-refractivity contribution >= 4 is 21.8 Å². The number of carbonyl (C=O) groups excluding carboxylic acids is 1. The van der Waals surface area contributed by atoms with Crippen LogP contribution in [0.2, 0.25) is 0 Å². The highest BCUT2D eigenvalue weighted by Crippen LogP contribution is 2.19. The number of benzene rings is 1. The maximum absolute atomic E-state index is 12.4. The topological polar surface area (TPSA) is 81.8 Å². The zero-order valence-corrected chi connectivity index (χ0v) is 13.0. The molecule has 0 aromatic heterocycles. The van der Waals surface area contributed by atoms with Gasteiger partial charge in [0.1, 0.15) is 0 Å². The molecule has 0 atom stereocenters. The van der Waals surface area contributed by atoms with Crippen molar-refractivity contribution < 1.29 is 13.2 Å². The van der Waals surface area contributed by atoms with E-state index in [1.807, 2.05) is 0 Å². The third-order valence-electron chi connectivity index (χ3n) is 3.22. The lowest BCUT2D eigenvalue weighted by Gasteiger charge is -2.27. The number of nitrogens with one attached hydrogen (secondary N) is 2. The average molecular weight is 312 g/mol. The van der Waals surface area contributed by atoms with Crippen molar-refractivity contribution in [1.82, 2.24) is 14.5 Å². The summed E-state index contributed by atoms with van der Waals surface area (Å²) >= 11 is 0. The van der Waals surface area contributed by atoms with Gasteiger partial charge in [-0.15, -0.1) is 0 Å². The van der Waals surface area contributed by atoms with Gasteiger partial charge < -0.3 is 10.2 Å². The number of para-hydroxylation sites is 1. The smallest absolute Gasteiger partial charge is 0.301 e. The quantitative estimate of drug-likeness (QED) is 0.817. The third-order valence-corrected chi connectivity index (χ3v) is 4.74. The van der Waals surface area contributed by atoms with E-state index in [9.17, 15) is 13.2 Å². The second-order valence-corrected chi connectivity index (χ2v) is 6.67. The SMILES string of the molecule is CN(C)C(=O)c1ccccc1NS(=O)(=O)N1CCNCC1. The van der Waals surface area contributed by atoms with Crippen LogP contribution < -0.4 is 10.0 Å². The molecule has 0 radical (unpaired) electrons. The van der Waals surface area contributed by atoms with E-state index >= 15 is 0 Å². The van der Waals surface area contributed by atoms with Crippen molar-refractivity contribution in [2.75, 3.05) is 45.0 Å². The van der Waals surface area contributed by atoms with E-state index in [0.717, 1.165) is 0 Å². The van der Waals surface area contributed by atoms with Crippen LogP contribution in [0, 0.1) is 0 Å². The van der Waals surface area contributed by atoms with Gasteiger partial charge in [0, 0.05) is 40.3 Å². The van der Waals surface area contributed by atoms with E-state index in [1.54, 1.807) is 38.4 Å². The molecule has 2 N–H and O–H groups in total. The number of hydrogen-bond acceptors (Lipinski definition) is 4. The van der Waals surface area contributed by atoms with Crippen molar-refractivity contribution in [2.24, 2.45) is 0 Å². The second kappa shape index (κ2) is 6.42. The summed E-state index contributed by atoms with van der Waals surface area (Å²) in [6.07, 6.45) is 0. The Kier molecular flexibility index (Phi) is 4.81. The van der Waals surface area contributed by atoms with E-state index in [1.165, 1.54) is 9.21 Å². The molecular weight excluding hydrogens is 292 g/mol. The van der Waals surface area contributed by atoms with Gasteiger partial charge >= 0.3 is 10.2 Å². The summed E-state index contributed by atoms with van der Waals surface area (Å²) in [5, 5.41) is 3.10. The van der Waals surface area contributed by atoms with Gasteiger partial charge in [-0.3, -0.25) is 9.52 Å². The van der Waals surface area contributed by atoms with E-state index in [0.29, 0.717) is 37.4 Å². The summed E-state index contributed by atoms with van der Waals surface area (Å²) in [7, 11) is -0.388. The molecule has 1 heterocycles. The third kappa shape index (κ3) is 3.72. The van der Waals surface area contributed by atoms with E-state index in [-0.39, 0.29) is 5.91 Å². The molecule has 0 aliphatic carbocycles. The molecule has 1 amide bonds. The highest BCUT2D eigenvalue weighted by atomic mass is 32.2. The Labute approximate surface area is 125 Å². The molecule has 0 spiro atoms. The molecule has 1 fully saturated rings. The molecule has 0 unspecified atom stereocenters. The summed E-state index contributed by atoms with van der Waals surface area (Å²) in [6, 6.07) is 6.61. The van der Waals surface area contributed by atoms with Gasteiger partial charge in [0.05, 0.1) is 11.3 Å². The van der Waals surface area contributed by atoms with Gasteiger partial charge in [-0.2, -0.15) is 12.7 Å². The number of carbonyl (C=O) groups is 1. The lowest BCUT2D eigenvalue weighted by atomic mass is 10.1. The zero-order valence-electron chi connectivity index (χ0n) is 12.2. The molecule has 2 rings (SSSR count). The predicted octanol–water partition coefficient (Wildman–Crippen LogP) is -0.0497. The summed E-state index contributed by atoms with van der Waals surface area (Å²) in [6.45, 7) is 2.08. The number of hydrogen-bond donors (Lipinski definition) is 2. The fraction of sp³-hybridized carbons (Fsp3) is 0.462. The monoisotopic (exact) mass is 312 g/mol. The van der Waals surface area contributed by atoms with Crippen LogP contribution in [0.3, 0.4) is 0 Å². The van der Waals surface area contributed by atoms with Crippen LogP contribution in [0.4, 0.5) is 5.69 Å². The second-order valence-electron chi connectivity index (χ2n) is 5.00. The maximum atomic E-state index is 12.4. The van der Waals surface area contributed by atoms with Gasteiger partial charge in [-0.1, -0.05) is 12.1 Å². The van der Waals surface area contributed by atoms with Crippen molar-refractivity contribution in [3.05, 3.63) is 29.8 Å². The van der Waals surface area contributed by atoms with Gasteiger partial charge in [-0.25, -0.2) is 0 Å². The standard InChI is InChI=1S/C13H20N4O3S/c1-16(2)13(18)11-5-3-4-6-12(11)15-21(19,20)17-9-7-14-8-10-17/h3-6,14-15H,7-10H2,1-2H3. The molecule has 1 aliphatic heterocycles. The first-order valence-corrected chi connectivity index (χ1v) is 8.15. The van der Waals surface area contributed by atoms with Gasteiger partial charge in [0.2, 0.25) is 0 Å². The molecule has 1 aromatic carbocycles. The van der Waals surface area contributed by atoms with Crippen LogP contribution in [0.1, 0.15) is 10.4 Å². The number of anilines is 1. The van der Waals surface area contributed by atoms with E-state index in [2.05, 4.69) is 10.0 Å². The number of rotatable bonds is 4. The molecule has 0 saturated carbocycles. The fourth-order valence-corrected chi connectivity index (χ4v) is 3.34. The van der Waals surface area contributed by atoms with Crippen molar-refractivity contribution in [3.8, 4) is 0 Å². The molecule has 1 aliphatic rings. The minimum absolute atomic E-state index is 0.242. The van der Waals surface area contributed by atoms with Crippen LogP contribution in [0.5, 0.6) is 0 Å². The first-order valence-electron chi connectivity index (χ1n) is 6.71. The molecule has 21 heavy (non-hydrogen) atoms. The normalized spacial score (nSPS) is 16.5. The molecule has 116 valence electrons. The fourth-order valence-electron chi connectivity index (χ4n) is 2.09. The van der Waals surface area contributed by atoms with Crippen LogP contribution in [-0.4, -0.2) is 63.8 Å². The number of amides is 1. The number of nitrogens with zero attached hydrogens (tertiary/aromatic N) is 2. The Morgan fingerprint density at radius 1 is 1.24 bits per heavy atom. The molecular formula is C13H20N4O3S. The van der Waals surface area contributed by atoms with Gasteiger partial charge in [-0.05, 0) is 12.1 Å². The van der Waals surface area contributed by atoms with Crippen molar-refractivity contribution in [3.63, 3.8) is 0 Å². The minimum Gasteiger partial charge on any atom is -0.345 e. The number of piperazine rings is 1. The molecule has 0 bridgehead atoms. The Morgan fingerprint density at radius 2 is 1.86 bits per heavy atom. The highest BCUT2D eigenvalue weighted by molar-refractivity contribution is 7.90. The minimum atomic E-state index is -3.65. The van der Waals surface area contributed by atoms with Crippen LogP contribution >= 0.6 is 0 Å². The molecule has 1 aromatic rings. The first-order chi connectivity index (χ1) is 9.92. The van der Waals surface area contributed by atoms with Crippen LogP contribution in [0.25, 0.3) is 0 Å². The first kappa shape index (κ1) is 15.7. The summed E-state index contributed by atoms with van der Waals surface area (Å²) in [4.78, 5) is 13.5. The Morgan fingerprint density at radius 3 is 2.48 bits per heavy atom.